The standard InChI is InChI=1S/C11H17ClN6/c1-4-18-10(11(12)7(2)16-18)5-8(13-3)9-6-14-17-15-9/h6,8,13H,4-5H2,1-3H3,(H,14,15,17). The molecule has 7 heteroatoms. The van der Waals surface area contributed by atoms with E-state index in [-0.39, 0.29) is 6.04 Å². The fourth-order valence-electron chi connectivity index (χ4n) is 1.99. The van der Waals surface area contributed by atoms with Crippen molar-refractivity contribution in [3.63, 3.8) is 0 Å². The molecule has 2 heterocycles. The van der Waals surface area contributed by atoms with Gasteiger partial charge in [-0.25, -0.2) is 0 Å². The Hall–Kier alpha value is -1.40. The topological polar surface area (TPSA) is 71.4 Å². The van der Waals surface area contributed by atoms with Crippen LogP contribution in [-0.2, 0) is 13.0 Å². The molecule has 0 aromatic carbocycles. The van der Waals surface area contributed by atoms with Crippen LogP contribution in [0.5, 0.6) is 0 Å². The third-order valence-corrected chi connectivity index (χ3v) is 3.48. The van der Waals surface area contributed by atoms with E-state index in [2.05, 4.69) is 32.7 Å². The number of H-pyrrole nitrogens is 1. The van der Waals surface area contributed by atoms with Crippen molar-refractivity contribution >= 4 is 11.6 Å². The van der Waals surface area contributed by atoms with E-state index in [0.717, 1.165) is 35.1 Å². The first-order valence-corrected chi connectivity index (χ1v) is 6.29. The number of hydrogen-bond acceptors (Lipinski definition) is 4. The molecule has 2 N–H and O–H groups in total. The average Bonchev–Trinajstić information content (AvgIpc) is 2.98. The zero-order valence-electron chi connectivity index (χ0n) is 10.7. The molecular weight excluding hydrogens is 252 g/mol. The SMILES string of the molecule is CCn1nc(C)c(Cl)c1CC(NC)c1cn[nH]n1. The molecule has 2 aromatic heterocycles. The van der Waals surface area contributed by atoms with Gasteiger partial charge >= 0.3 is 0 Å². The van der Waals surface area contributed by atoms with Crippen LogP contribution in [0.4, 0.5) is 0 Å². The minimum Gasteiger partial charge on any atom is -0.311 e. The van der Waals surface area contributed by atoms with Gasteiger partial charge in [0.2, 0.25) is 0 Å². The number of halogens is 1. The van der Waals surface area contributed by atoms with E-state index < -0.39 is 0 Å². The monoisotopic (exact) mass is 268 g/mol. The highest BCUT2D eigenvalue weighted by molar-refractivity contribution is 6.31. The minimum atomic E-state index is 0.0719. The van der Waals surface area contributed by atoms with Crippen LogP contribution in [-0.4, -0.2) is 32.2 Å². The van der Waals surface area contributed by atoms with E-state index in [1.807, 2.05) is 18.7 Å². The van der Waals surface area contributed by atoms with Gasteiger partial charge in [-0.1, -0.05) is 11.6 Å². The van der Waals surface area contributed by atoms with Gasteiger partial charge in [-0.05, 0) is 20.9 Å². The number of nitrogens with one attached hydrogen (secondary N) is 2. The molecule has 0 radical (unpaired) electrons. The molecule has 0 aliphatic carbocycles. The molecule has 98 valence electrons. The predicted molar refractivity (Wildman–Crippen MR) is 69.5 cm³/mol. The van der Waals surface area contributed by atoms with E-state index >= 15 is 0 Å². The first-order chi connectivity index (χ1) is 8.67. The minimum absolute atomic E-state index is 0.0719. The second-order valence-corrected chi connectivity index (χ2v) is 4.48. The van der Waals surface area contributed by atoms with Crippen LogP contribution in [0.25, 0.3) is 0 Å². The zero-order valence-corrected chi connectivity index (χ0v) is 11.5. The molecule has 2 aromatic rings. The van der Waals surface area contributed by atoms with Gasteiger partial charge in [0.05, 0.1) is 34.3 Å². The molecule has 2 rings (SSSR count). The fraction of sp³-hybridized carbons (Fsp3) is 0.545. The summed E-state index contributed by atoms with van der Waals surface area (Å²) in [6.45, 7) is 4.78. The van der Waals surface area contributed by atoms with Crippen molar-refractivity contribution in [2.24, 2.45) is 0 Å². The van der Waals surface area contributed by atoms with Crippen molar-refractivity contribution in [3.8, 4) is 0 Å². The Morgan fingerprint density at radius 2 is 2.33 bits per heavy atom. The van der Waals surface area contributed by atoms with E-state index in [0.29, 0.717) is 0 Å². The number of aryl methyl sites for hydroxylation is 2. The van der Waals surface area contributed by atoms with Gasteiger partial charge in [-0.2, -0.15) is 20.5 Å². The van der Waals surface area contributed by atoms with Crippen LogP contribution in [0, 0.1) is 6.92 Å². The average molecular weight is 269 g/mol. The van der Waals surface area contributed by atoms with Gasteiger partial charge in [-0.3, -0.25) is 4.68 Å². The maximum Gasteiger partial charge on any atom is 0.0997 e. The molecule has 6 nitrogen and oxygen atoms in total. The fourth-order valence-corrected chi connectivity index (χ4v) is 2.20. The summed E-state index contributed by atoms with van der Waals surface area (Å²) >= 11 is 6.30. The van der Waals surface area contributed by atoms with Crippen LogP contribution in [0.15, 0.2) is 6.20 Å². The first kappa shape index (κ1) is 13.0. The quantitative estimate of drug-likeness (QED) is 0.862. The molecular formula is C11H17ClN6. The molecule has 0 aliphatic rings. The number of aromatic nitrogens is 5. The Kier molecular flexibility index (Phi) is 3.98. The number of aromatic amines is 1. The van der Waals surface area contributed by atoms with Crippen LogP contribution < -0.4 is 5.32 Å². The van der Waals surface area contributed by atoms with Crippen LogP contribution in [0.1, 0.15) is 30.0 Å². The molecule has 0 spiro atoms. The number of rotatable bonds is 5. The molecule has 1 unspecified atom stereocenters. The highest BCUT2D eigenvalue weighted by Crippen LogP contribution is 2.25. The van der Waals surface area contributed by atoms with E-state index in [9.17, 15) is 0 Å². The molecule has 18 heavy (non-hydrogen) atoms. The summed E-state index contributed by atoms with van der Waals surface area (Å²) in [4.78, 5) is 0. The maximum absolute atomic E-state index is 6.30. The second-order valence-electron chi connectivity index (χ2n) is 4.10. The van der Waals surface area contributed by atoms with Crippen LogP contribution in [0.3, 0.4) is 0 Å². The lowest BCUT2D eigenvalue weighted by Crippen LogP contribution is -2.21. The van der Waals surface area contributed by atoms with Gasteiger partial charge in [-0.15, -0.1) is 0 Å². The molecule has 0 saturated carbocycles. The van der Waals surface area contributed by atoms with Gasteiger partial charge in [0, 0.05) is 13.0 Å². The van der Waals surface area contributed by atoms with Crippen molar-refractivity contribution in [2.75, 3.05) is 7.05 Å². The van der Waals surface area contributed by atoms with Crippen LogP contribution in [0.2, 0.25) is 5.02 Å². The summed E-state index contributed by atoms with van der Waals surface area (Å²) in [5.74, 6) is 0. The summed E-state index contributed by atoms with van der Waals surface area (Å²) in [5.41, 5.74) is 2.76. The van der Waals surface area contributed by atoms with Gasteiger partial charge < -0.3 is 5.32 Å². The summed E-state index contributed by atoms with van der Waals surface area (Å²) in [7, 11) is 1.90. The third-order valence-electron chi connectivity index (χ3n) is 2.99. The largest absolute Gasteiger partial charge is 0.311 e. The van der Waals surface area contributed by atoms with Crippen LogP contribution >= 0.6 is 11.6 Å². The van der Waals surface area contributed by atoms with Gasteiger partial charge in [0.25, 0.3) is 0 Å². The van der Waals surface area contributed by atoms with Gasteiger partial charge in [0.15, 0.2) is 0 Å². The summed E-state index contributed by atoms with van der Waals surface area (Å²) in [5, 5.41) is 18.9. The third kappa shape index (κ3) is 2.39. The first-order valence-electron chi connectivity index (χ1n) is 5.92. The lowest BCUT2D eigenvalue weighted by atomic mass is 10.1. The normalized spacial score (nSPS) is 12.9. The number of nitrogens with zero attached hydrogens (tertiary/aromatic N) is 4. The molecule has 0 bridgehead atoms. The molecule has 0 saturated heterocycles. The number of hydrogen-bond donors (Lipinski definition) is 2. The summed E-state index contributed by atoms with van der Waals surface area (Å²) in [6, 6.07) is 0.0719. The Bertz CT molecular complexity index is 504. The Balaban J connectivity index is 2.27. The number of likely N-dealkylation sites (N-methyl/N-ethyl adjacent to an activating group) is 1. The summed E-state index contributed by atoms with van der Waals surface area (Å²) < 4.78 is 1.93. The van der Waals surface area contributed by atoms with E-state index in [1.54, 1.807) is 6.20 Å². The second kappa shape index (κ2) is 5.49. The lowest BCUT2D eigenvalue weighted by molar-refractivity contribution is 0.531. The van der Waals surface area contributed by atoms with Crippen molar-refractivity contribution in [1.29, 1.82) is 0 Å². The Labute approximate surface area is 111 Å². The van der Waals surface area contributed by atoms with E-state index in [4.69, 9.17) is 11.6 Å². The van der Waals surface area contributed by atoms with Crippen molar-refractivity contribution in [1.82, 2.24) is 30.5 Å². The maximum atomic E-state index is 6.30. The van der Waals surface area contributed by atoms with Crippen molar-refractivity contribution in [2.45, 2.75) is 32.9 Å². The predicted octanol–water partition coefficient (Wildman–Crippen LogP) is 1.49. The Morgan fingerprint density at radius 3 is 2.89 bits per heavy atom. The lowest BCUT2D eigenvalue weighted by Gasteiger charge is -2.14. The summed E-state index contributed by atoms with van der Waals surface area (Å²) in [6.07, 6.45) is 2.45. The highest BCUT2D eigenvalue weighted by Gasteiger charge is 2.19. The molecule has 0 amide bonds. The van der Waals surface area contributed by atoms with Crippen molar-refractivity contribution in [3.05, 3.63) is 28.3 Å². The van der Waals surface area contributed by atoms with Crippen molar-refractivity contribution < 1.29 is 0 Å². The molecule has 1 atom stereocenters. The zero-order chi connectivity index (χ0) is 13.1. The van der Waals surface area contributed by atoms with Gasteiger partial charge in [0.1, 0.15) is 0 Å². The molecule has 0 aliphatic heterocycles. The Morgan fingerprint density at radius 1 is 1.56 bits per heavy atom. The highest BCUT2D eigenvalue weighted by atomic mass is 35.5. The molecule has 0 fully saturated rings. The smallest absolute Gasteiger partial charge is 0.0997 e. The van der Waals surface area contributed by atoms with E-state index in [1.165, 1.54) is 0 Å².